The maximum absolute atomic E-state index is 11.4. The zero-order valence-electron chi connectivity index (χ0n) is 18.7. The van der Waals surface area contributed by atoms with Crippen molar-refractivity contribution >= 4 is 10.1 Å². The number of aryl methyl sites for hydroxylation is 1. The van der Waals surface area contributed by atoms with Crippen LogP contribution in [-0.2, 0) is 7.05 Å². The van der Waals surface area contributed by atoms with E-state index in [2.05, 4.69) is 4.98 Å². The van der Waals surface area contributed by atoms with Crippen molar-refractivity contribution in [3.8, 4) is 34.0 Å². The van der Waals surface area contributed by atoms with Crippen molar-refractivity contribution in [2.75, 3.05) is 0 Å². The second-order valence-electron chi connectivity index (χ2n) is 5.99. The normalized spacial score (nSPS) is 8.87. The standard InChI is InChI=1S/C12H11NO.C11H9NO.C2H6.CH3.Be/c1-13-9-5-4-7-11(13)10-6-2-3-8-12(10)14;13-11-7-2-1-5-9(11)10-6-3-4-8-12-10;1-2;;/h2-9H,1H3;1-8,13H;1-2H3;1H3;/q;;;-1;+2/p+1. The molecule has 5 heteroatoms. The Labute approximate surface area is 189 Å². The van der Waals surface area contributed by atoms with Gasteiger partial charge in [0.25, 0.3) is 0 Å². The van der Waals surface area contributed by atoms with Gasteiger partial charge in [-0.1, -0.05) is 49.9 Å². The molecular formula is C26H30BeN2O2+2. The molecule has 2 aromatic heterocycles. The van der Waals surface area contributed by atoms with Crippen molar-refractivity contribution in [3.05, 3.63) is 105 Å². The minimum Gasteiger partial charge on any atom is -0.872 e. The first kappa shape index (κ1) is 27.5. The molecule has 0 spiro atoms. The first-order valence-electron chi connectivity index (χ1n) is 9.63. The molecule has 0 saturated heterocycles. The van der Waals surface area contributed by atoms with E-state index in [-0.39, 0.29) is 23.3 Å². The van der Waals surface area contributed by atoms with Crippen molar-refractivity contribution in [1.82, 2.24) is 0 Å². The molecule has 0 atom stereocenters. The molecule has 2 heterocycles. The monoisotopic (exact) mass is 411 g/mol. The van der Waals surface area contributed by atoms with E-state index < -0.39 is 0 Å². The molecule has 0 aliphatic carbocycles. The van der Waals surface area contributed by atoms with E-state index in [9.17, 15) is 10.2 Å². The quantitative estimate of drug-likeness (QED) is 0.305. The van der Waals surface area contributed by atoms with Crippen molar-refractivity contribution in [3.63, 3.8) is 0 Å². The van der Waals surface area contributed by atoms with E-state index in [0.717, 1.165) is 17.0 Å². The summed E-state index contributed by atoms with van der Waals surface area (Å²) in [7, 11) is 1.96. The summed E-state index contributed by atoms with van der Waals surface area (Å²) >= 11 is 0. The summed E-state index contributed by atoms with van der Waals surface area (Å²) in [6.07, 6.45) is 3.77. The number of H-pyrrole nitrogens is 1. The van der Waals surface area contributed by atoms with Crippen LogP contribution in [0.2, 0.25) is 0 Å². The van der Waals surface area contributed by atoms with Crippen LogP contribution in [0.1, 0.15) is 13.8 Å². The van der Waals surface area contributed by atoms with E-state index in [4.69, 9.17) is 0 Å². The van der Waals surface area contributed by atoms with Crippen LogP contribution in [0.5, 0.6) is 11.5 Å². The van der Waals surface area contributed by atoms with Gasteiger partial charge in [-0.2, -0.15) is 0 Å². The van der Waals surface area contributed by atoms with Gasteiger partial charge < -0.3 is 17.6 Å². The van der Waals surface area contributed by atoms with E-state index in [1.807, 2.05) is 105 Å². The van der Waals surface area contributed by atoms with Crippen LogP contribution in [0.15, 0.2) is 97.3 Å². The van der Waals surface area contributed by atoms with Crippen molar-refractivity contribution in [1.29, 1.82) is 0 Å². The Hall–Kier alpha value is -3.49. The molecule has 0 saturated carbocycles. The van der Waals surface area contributed by atoms with Gasteiger partial charge in [-0.25, -0.2) is 9.55 Å². The molecule has 0 bridgehead atoms. The van der Waals surface area contributed by atoms with Crippen molar-refractivity contribution in [2.45, 2.75) is 13.8 Å². The summed E-state index contributed by atoms with van der Waals surface area (Å²) in [5.74, 6) is 0.360. The number of hydrogen-bond donors (Lipinski definition) is 1. The number of phenols is 1. The topological polar surface area (TPSA) is 61.3 Å². The van der Waals surface area contributed by atoms with Gasteiger partial charge in [0, 0.05) is 29.8 Å². The van der Waals surface area contributed by atoms with Crippen LogP contribution < -0.4 is 14.7 Å². The number of aromatic amines is 1. The van der Waals surface area contributed by atoms with Gasteiger partial charge >= 0.3 is 10.1 Å². The predicted molar refractivity (Wildman–Crippen MR) is 126 cm³/mol. The number of nitrogens with zero attached hydrogens (tertiary/aromatic N) is 1. The van der Waals surface area contributed by atoms with Crippen LogP contribution >= 0.6 is 0 Å². The van der Waals surface area contributed by atoms with Crippen LogP contribution in [0, 0.1) is 7.43 Å². The molecule has 4 rings (SSSR count). The van der Waals surface area contributed by atoms with Gasteiger partial charge in [-0.05, 0) is 30.3 Å². The van der Waals surface area contributed by atoms with Gasteiger partial charge in [0.15, 0.2) is 12.4 Å². The number of hydrogen-bond acceptors (Lipinski definition) is 2. The number of phenolic OH excluding ortho intramolecular Hbond substituents is 1. The second kappa shape index (κ2) is 14.5. The third-order valence-electron chi connectivity index (χ3n) is 4.12. The Balaban J connectivity index is 0.000000508. The molecule has 0 amide bonds. The first-order valence-corrected chi connectivity index (χ1v) is 9.63. The fourth-order valence-corrected chi connectivity index (χ4v) is 2.74. The maximum Gasteiger partial charge on any atom is 2.00 e. The molecular weight excluding hydrogens is 381 g/mol. The van der Waals surface area contributed by atoms with Crippen LogP contribution in [0.25, 0.3) is 22.5 Å². The molecule has 2 N–H and O–H groups in total. The van der Waals surface area contributed by atoms with Gasteiger partial charge in [0.05, 0.1) is 5.56 Å². The average molecular weight is 412 g/mol. The zero-order chi connectivity index (χ0) is 21.1. The number of para-hydroxylation sites is 2. The SMILES string of the molecule is CC.C[n+]1ccccc1-c1ccccc1O.[Be+2].[CH3-].[O-]c1ccccc1-c1cccc[nH+]1. The average Bonchev–Trinajstić information content (AvgIpc) is 2.78. The van der Waals surface area contributed by atoms with Crippen molar-refractivity contribution in [2.24, 2.45) is 7.05 Å². The Kier molecular flexibility index (Phi) is 12.9. The molecule has 2 aromatic carbocycles. The predicted octanol–water partition coefficient (Wildman–Crippen LogP) is 4.22. The number of pyridine rings is 2. The molecule has 156 valence electrons. The van der Waals surface area contributed by atoms with Gasteiger partial charge in [0.2, 0.25) is 11.4 Å². The minimum atomic E-state index is 0. The summed E-state index contributed by atoms with van der Waals surface area (Å²) in [6.45, 7) is 4.00. The fraction of sp³-hybridized carbons (Fsp3) is 0.115. The van der Waals surface area contributed by atoms with Crippen LogP contribution in [-0.4, -0.2) is 15.2 Å². The third kappa shape index (κ3) is 7.69. The second-order valence-corrected chi connectivity index (χ2v) is 5.99. The van der Waals surface area contributed by atoms with E-state index in [1.54, 1.807) is 18.2 Å². The number of aromatic hydroxyl groups is 1. The summed E-state index contributed by atoms with van der Waals surface area (Å²) < 4.78 is 1.98. The fourth-order valence-electron chi connectivity index (χ4n) is 2.74. The molecule has 31 heavy (non-hydrogen) atoms. The zero-order valence-corrected chi connectivity index (χ0v) is 18.7. The molecule has 4 aromatic rings. The summed E-state index contributed by atoms with van der Waals surface area (Å²) in [5, 5.41) is 21.1. The smallest absolute Gasteiger partial charge is 0.872 e. The van der Waals surface area contributed by atoms with Crippen LogP contribution in [0.3, 0.4) is 0 Å². The van der Waals surface area contributed by atoms with Crippen LogP contribution in [0.4, 0.5) is 0 Å². The van der Waals surface area contributed by atoms with E-state index in [1.165, 1.54) is 0 Å². The third-order valence-corrected chi connectivity index (χ3v) is 4.12. The molecule has 0 radical (unpaired) electrons. The van der Waals surface area contributed by atoms with Gasteiger partial charge in [0.1, 0.15) is 12.8 Å². The summed E-state index contributed by atoms with van der Waals surface area (Å²) in [6, 6.07) is 25.9. The Bertz CT molecular complexity index is 981. The number of rotatable bonds is 2. The number of aromatic nitrogens is 2. The molecule has 0 fully saturated rings. The Morgan fingerprint density at radius 2 is 1.35 bits per heavy atom. The molecule has 0 unspecified atom stereocenters. The summed E-state index contributed by atoms with van der Waals surface area (Å²) in [5.41, 5.74) is 3.43. The molecule has 4 nitrogen and oxygen atoms in total. The first-order chi connectivity index (χ1) is 14.2. The minimum absolute atomic E-state index is 0. The Morgan fingerprint density at radius 1 is 0.774 bits per heavy atom. The Morgan fingerprint density at radius 3 is 1.94 bits per heavy atom. The van der Waals surface area contributed by atoms with Gasteiger partial charge in [-0.15, -0.1) is 0 Å². The van der Waals surface area contributed by atoms with Crippen molar-refractivity contribution < 1.29 is 19.8 Å². The largest absolute Gasteiger partial charge is 2.00 e. The number of nitrogens with one attached hydrogen (secondary N) is 1. The summed E-state index contributed by atoms with van der Waals surface area (Å²) in [4.78, 5) is 3.03. The van der Waals surface area contributed by atoms with Gasteiger partial charge in [-0.3, -0.25) is 0 Å². The molecule has 0 aliphatic heterocycles. The maximum atomic E-state index is 11.4. The molecule has 0 aliphatic rings. The van der Waals surface area contributed by atoms with E-state index >= 15 is 0 Å². The number of benzene rings is 2. The van der Waals surface area contributed by atoms with E-state index in [0.29, 0.717) is 11.3 Å².